The van der Waals surface area contributed by atoms with Crippen LogP contribution in [0.25, 0.3) is 5.57 Å². The van der Waals surface area contributed by atoms with Gasteiger partial charge in [0.05, 0.1) is 11.5 Å². The van der Waals surface area contributed by atoms with Crippen molar-refractivity contribution in [3.63, 3.8) is 0 Å². The van der Waals surface area contributed by atoms with Gasteiger partial charge >= 0.3 is 0 Å². The predicted octanol–water partition coefficient (Wildman–Crippen LogP) is 2.34. The third-order valence-electron chi connectivity index (χ3n) is 4.00. The summed E-state index contributed by atoms with van der Waals surface area (Å²) in [5.74, 6) is 0.330. The van der Waals surface area contributed by atoms with E-state index in [2.05, 4.69) is 5.32 Å². The van der Waals surface area contributed by atoms with Gasteiger partial charge in [0.2, 0.25) is 5.91 Å². The molecular weight excluding hydrogens is 298 g/mol. The van der Waals surface area contributed by atoms with E-state index in [-0.39, 0.29) is 23.3 Å². The summed E-state index contributed by atoms with van der Waals surface area (Å²) in [6.45, 7) is 4.48. The number of carbonyl (C=O) groups is 1. The molecule has 1 N–H and O–H groups in total. The van der Waals surface area contributed by atoms with Crippen LogP contribution in [0, 0.1) is 12.8 Å². The second-order valence-corrected chi connectivity index (χ2v) is 8.13. The fraction of sp³-hybridized carbons (Fsp3) is 0.471. The molecule has 120 valence electrons. The van der Waals surface area contributed by atoms with Crippen molar-refractivity contribution in [3.8, 4) is 0 Å². The fourth-order valence-corrected chi connectivity index (χ4v) is 4.51. The number of benzene rings is 1. The second kappa shape index (κ2) is 7.09. The molecule has 1 aliphatic heterocycles. The Bertz CT molecular complexity index is 660. The summed E-state index contributed by atoms with van der Waals surface area (Å²) in [6, 6.07) is 8.09. The van der Waals surface area contributed by atoms with Gasteiger partial charge in [-0.25, -0.2) is 8.42 Å². The van der Waals surface area contributed by atoms with Crippen molar-refractivity contribution in [3.05, 3.63) is 41.5 Å². The van der Waals surface area contributed by atoms with Crippen LogP contribution in [0.4, 0.5) is 0 Å². The Balaban J connectivity index is 1.95. The highest BCUT2D eigenvalue weighted by atomic mass is 32.2. The van der Waals surface area contributed by atoms with E-state index in [4.69, 9.17) is 0 Å². The number of sulfone groups is 1. The van der Waals surface area contributed by atoms with E-state index in [1.54, 1.807) is 6.08 Å². The first-order chi connectivity index (χ1) is 10.4. The minimum Gasteiger partial charge on any atom is -0.352 e. The van der Waals surface area contributed by atoms with Crippen LogP contribution < -0.4 is 5.32 Å². The lowest BCUT2D eigenvalue weighted by Gasteiger charge is -2.09. The molecule has 2 rings (SSSR count). The molecule has 22 heavy (non-hydrogen) atoms. The molecule has 1 heterocycles. The monoisotopic (exact) mass is 321 g/mol. The van der Waals surface area contributed by atoms with E-state index < -0.39 is 9.84 Å². The van der Waals surface area contributed by atoms with Crippen molar-refractivity contribution in [2.45, 2.75) is 26.7 Å². The Morgan fingerprint density at radius 3 is 2.55 bits per heavy atom. The van der Waals surface area contributed by atoms with E-state index in [0.29, 0.717) is 13.0 Å². The molecule has 1 atom stereocenters. The zero-order chi connectivity index (χ0) is 16.2. The Hall–Kier alpha value is -1.62. The topological polar surface area (TPSA) is 63.2 Å². The maximum atomic E-state index is 12.0. The van der Waals surface area contributed by atoms with Gasteiger partial charge in [-0.3, -0.25) is 4.79 Å². The normalized spacial score (nSPS) is 20.8. The van der Waals surface area contributed by atoms with Gasteiger partial charge in [0, 0.05) is 12.6 Å². The molecule has 1 amide bonds. The average molecular weight is 321 g/mol. The van der Waals surface area contributed by atoms with Crippen LogP contribution >= 0.6 is 0 Å². The summed E-state index contributed by atoms with van der Waals surface area (Å²) in [4.78, 5) is 12.0. The summed E-state index contributed by atoms with van der Waals surface area (Å²) in [7, 11) is -2.88. The number of aryl methyl sites for hydroxylation is 1. The molecule has 0 radical (unpaired) electrons. The first-order valence-electron chi connectivity index (χ1n) is 7.65. The van der Waals surface area contributed by atoms with Crippen molar-refractivity contribution >= 4 is 21.3 Å². The molecule has 1 aromatic carbocycles. The lowest BCUT2D eigenvalue weighted by molar-refractivity contribution is -0.116. The van der Waals surface area contributed by atoms with Crippen molar-refractivity contribution in [2.75, 3.05) is 18.1 Å². The quantitative estimate of drug-likeness (QED) is 0.847. The van der Waals surface area contributed by atoms with Crippen LogP contribution in [-0.2, 0) is 14.6 Å². The zero-order valence-electron chi connectivity index (χ0n) is 13.1. The molecular formula is C17H23NO3S. The van der Waals surface area contributed by atoms with Gasteiger partial charge in [0.1, 0.15) is 0 Å². The van der Waals surface area contributed by atoms with Gasteiger partial charge in [0.25, 0.3) is 0 Å². The van der Waals surface area contributed by atoms with Gasteiger partial charge in [-0.05, 0) is 36.8 Å². The number of carbonyl (C=O) groups excluding carboxylic acids is 1. The van der Waals surface area contributed by atoms with E-state index in [0.717, 1.165) is 17.6 Å². The first kappa shape index (κ1) is 16.7. The van der Waals surface area contributed by atoms with E-state index in [9.17, 15) is 13.2 Å². The minimum atomic E-state index is -2.88. The smallest absolute Gasteiger partial charge is 0.244 e. The predicted molar refractivity (Wildman–Crippen MR) is 89.2 cm³/mol. The number of hydrogen-bond acceptors (Lipinski definition) is 3. The maximum Gasteiger partial charge on any atom is 0.244 e. The summed E-state index contributed by atoms with van der Waals surface area (Å²) in [6.07, 6.45) is 3.04. The van der Waals surface area contributed by atoms with Crippen molar-refractivity contribution in [1.82, 2.24) is 5.32 Å². The first-order valence-corrected chi connectivity index (χ1v) is 9.47. The molecule has 4 nitrogen and oxygen atoms in total. The Kier molecular flexibility index (Phi) is 5.40. The van der Waals surface area contributed by atoms with Crippen LogP contribution in [0.2, 0.25) is 0 Å². The largest absolute Gasteiger partial charge is 0.352 e. The SMILES string of the molecule is CC/C(=C\C(=O)NCC1CCS(=O)(=O)C1)c1ccc(C)cc1. The number of rotatable bonds is 5. The third kappa shape index (κ3) is 4.70. The molecule has 1 aliphatic rings. The van der Waals surface area contributed by atoms with Gasteiger partial charge in [-0.1, -0.05) is 36.8 Å². The highest BCUT2D eigenvalue weighted by Crippen LogP contribution is 2.19. The van der Waals surface area contributed by atoms with E-state index in [1.807, 2.05) is 38.1 Å². The summed E-state index contributed by atoms with van der Waals surface area (Å²) in [5, 5.41) is 2.83. The molecule has 0 spiro atoms. The van der Waals surface area contributed by atoms with Crippen molar-refractivity contribution in [1.29, 1.82) is 0 Å². The third-order valence-corrected chi connectivity index (χ3v) is 5.84. The van der Waals surface area contributed by atoms with Crippen molar-refractivity contribution in [2.24, 2.45) is 5.92 Å². The number of hydrogen-bond donors (Lipinski definition) is 1. The zero-order valence-corrected chi connectivity index (χ0v) is 13.9. The molecule has 0 aromatic heterocycles. The lowest BCUT2D eigenvalue weighted by atomic mass is 10.0. The number of nitrogens with one attached hydrogen (secondary N) is 1. The van der Waals surface area contributed by atoms with Gasteiger partial charge in [-0.2, -0.15) is 0 Å². The van der Waals surface area contributed by atoms with Crippen LogP contribution in [-0.4, -0.2) is 32.4 Å². The summed E-state index contributed by atoms with van der Waals surface area (Å²) >= 11 is 0. The minimum absolute atomic E-state index is 0.0480. The number of amides is 1. The van der Waals surface area contributed by atoms with E-state index >= 15 is 0 Å². The van der Waals surface area contributed by atoms with Crippen molar-refractivity contribution < 1.29 is 13.2 Å². The number of allylic oxidation sites excluding steroid dienone is 1. The molecule has 0 bridgehead atoms. The molecule has 5 heteroatoms. The van der Waals surface area contributed by atoms with Crippen LogP contribution in [0.1, 0.15) is 30.9 Å². The second-order valence-electron chi connectivity index (χ2n) is 5.90. The molecule has 0 aliphatic carbocycles. The van der Waals surface area contributed by atoms with E-state index in [1.165, 1.54) is 5.56 Å². The summed E-state index contributed by atoms with van der Waals surface area (Å²) in [5.41, 5.74) is 3.22. The van der Waals surface area contributed by atoms with Crippen LogP contribution in [0.15, 0.2) is 30.3 Å². The van der Waals surface area contributed by atoms with Gasteiger partial charge in [-0.15, -0.1) is 0 Å². The standard InChI is InChI=1S/C17H23NO3S/c1-3-15(16-6-4-13(2)5-7-16)10-17(19)18-11-14-8-9-22(20,21)12-14/h4-7,10,14H,3,8-9,11-12H2,1-2H3,(H,18,19)/b15-10+. The fourth-order valence-electron chi connectivity index (χ4n) is 2.64. The summed E-state index contributed by atoms with van der Waals surface area (Å²) < 4.78 is 22.8. The Labute approximate surface area is 132 Å². The average Bonchev–Trinajstić information content (AvgIpc) is 2.83. The van der Waals surface area contributed by atoms with Gasteiger partial charge in [0.15, 0.2) is 9.84 Å². The molecule has 1 saturated heterocycles. The Morgan fingerprint density at radius 2 is 2.00 bits per heavy atom. The highest BCUT2D eigenvalue weighted by molar-refractivity contribution is 7.91. The van der Waals surface area contributed by atoms with Crippen LogP contribution in [0.5, 0.6) is 0 Å². The molecule has 1 unspecified atom stereocenters. The molecule has 0 saturated carbocycles. The lowest BCUT2D eigenvalue weighted by Crippen LogP contribution is -2.28. The Morgan fingerprint density at radius 1 is 1.32 bits per heavy atom. The molecule has 1 aromatic rings. The van der Waals surface area contributed by atoms with Crippen LogP contribution in [0.3, 0.4) is 0 Å². The highest BCUT2D eigenvalue weighted by Gasteiger charge is 2.27. The van der Waals surface area contributed by atoms with Gasteiger partial charge < -0.3 is 5.32 Å². The molecule has 1 fully saturated rings. The maximum absolute atomic E-state index is 12.0.